The van der Waals surface area contributed by atoms with Crippen LogP contribution in [-0.2, 0) is 13.0 Å². The van der Waals surface area contributed by atoms with E-state index >= 15 is 0 Å². The number of tetrazole rings is 1. The molecule has 0 saturated heterocycles. The Balaban J connectivity index is 1.57. The lowest BCUT2D eigenvalue weighted by Crippen LogP contribution is -2.05. The first-order chi connectivity index (χ1) is 15.3. The summed E-state index contributed by atoms with van der Waals surface area (Å²) in [6.45, 7) is 4.96. The minimum Gasteiger partial charge on any atom is -0.462 e. The molecule has 2 heterocycles. The second-order valence-corrected chi connectivity index (χ2v) is 6.91. The molecule has 0 aliphatic heterocycles. The number of aromatic amines is 1. The van der Waals surface area contributed by atoms with Gasteiger partial charge in [0, 0.05) is 12.0 Å². The molecule has 0 saturated carbocycles. The topological polar surface area (TPSA) is 94.4 Å². The molecule has 0 aliphatic carbocycles. The molecule has 2 aromatic carbocycles. The molecule has 8 nitrogen and oxygen atoms in total. The predicted octanol–water partition coefficient (Wildman–Crippen LogP) is 3.53. The van der Waals surface area contributed by atoms with E-state index in [0.29, 0.717) is 31.4 Å². The lowest BCUT2D eigenvalue weighted by molar-refractivity contribution is 0.291. The van der Waals surface area contributed by atoms with Crippen LogP contribution in [0.15, 0.2) is 48.5 Å². The van der Waals surface area contributed by atoms with Crippen LogP contribution in [0.1, 0.15) is 31.7 Å². The first-order valence-corrected chi connectivity index (χ1v) is 10.2. The van der Waals surface area contributed by atoms with Crippen molar-refractivity contribution in [1.82, 2.24) is 35.4 Å². The number of aromatic nitrogens is 7. The van der Waals surface area contributed by atoms with Gasteiger partial charge in [0.15, 0.2) is 5.82 Å². The maximum absolute atomic E-state index is 5.61. The summed E-state index contributed by atoms with van der Waals surface area (Å²) in [5.74, 6) is 7.42. The fraction of sp³-hybridized carbons (Fsp3) is 0.261. The summed E-state index contributed by atoms with van der Waals surface area (Å²) in [6, 6.07) is 16.8. The van der Waals surface area contributed by atoms with Crippen molar-refractivity contribution in [1.29, 1.82) is 0 Å². The van der Waals surface area contributed by atoms with Crippen LogP contribution in [0.25, 0.3) is 22.5 Å². The molecule has 31 heavy (non-hydrogen) atoms. The molecule has 0 fully saturated rings. The van der Waals surface area contributed by atoms with Crippen LogP contribution < -0.4 is 4.74 Å². The lowest BCUT2D eigenvalue weighted by atomic mass is 9.98. The molecule has 2 aromatic heterocycles. The summed E-state index contributed by atoms with van der Waals surface area (Å²) in [7, 11) is 0. The van der Waals surface area contributed by atoms with Crippen LogP contribution in [0.3, 0.4) is 0 Å². The third-order valence-corrected chi connectivity index (χ3v) is 4.72. The molecule has 4 aromatic rings. The fourth-order valence-electron chi connectivity index (χ4n) is 3.22. The Hall–Kier alpha value is -3.99. The van der Waals surface area contributed by atoms with Gasteiger partial charge in [-0.05, 0) is 40.5 Å². The molecular weight excluding hydrogens is 390 g/mol. The molecule has 0 aliphatic rings. The van der Waals surface area contributed by atoms with E-state index in [9.17, 15) is 0 Å². The average molecular weight is 413 g/mol. The third-order valence-electron chi connectivity index (χ3n) is 4.72. The first-order valence-electron chi connectivity index (χ1n) is 10.2. The maximum Gasteiger partial charge on any atom is 0.335 e. The number of H-pyrrole nitrogens is 1. The predicted molar refractivity (Wildman–Crippen MR) is 117 cm³/mol. The van der Waals surface area contributed by atoms with Gasteiger partial charge in [0.1, 0.15) is 12.4 Å². The monoisotopic (exact) mass is 413 g/mol. The minimum absolute atomic E-state index is 0.404. The second kappa shape index (κ2) is 9.67. The number of hydrogen-bond donors (Lipinski definition) is 1. The zero-order chi connectivity index (χ0) is 21.5. The SMILES string of the molecule is CC#CCn1nc(OCCC)nc1Cc1ccc(-c2ccccc2-c2nnn[nH]2)cc1. The normalized spacial score (nSPS) is 10.5. The largest absolute Gasteiger partial charge is 0.462 e. The van der Waals surface area contributed by atoms with Gasteiger partial charge in [-0.2, -0.15) is 4.98 Å². The summed E-state index contributed by atoms with van der Waals surface area (Å²) in [4.78, 5) is 4.56. The molecule has 0 bridgehead atoms. The Kier molecular flexibility index (Phi) is 6.33. The third kappa shape index (κ3) is 4.78. The quantitative estimate of drug-likeness (QED) is 0.444. The van der Waals surface area contributed by atoms with E-state index in [0.717, 1.165) is 34.5 Å². The van der Waals surface area contributed by atoms with Crippen molar-refractivity contribution in [3.05, 3.63) is 59.9 Å². The summed E-state index contributed by atoms with van der Waals surface area (Å²) >= 11 is 0. The summed E-state index contributed by atoms with van der Waals surface area (Å²) < 4.78 is 7.42. The van der Waals surface area contributed by atoms with Gasteiger partial charge in [-0.25, -0.2) is 9.78 Å². The van der Waals surface area contributed by atoms with Gasteiger partial charge in [0.05, 0.1) is 6.61 Å². The summed E-state index contributed by atoms with van der Waals surface area (Å²) in [5, 5.41) is 18.7. The smallest absolute Gasteiger partial charge is 0.335 e. The molecule has 0 atom stereocenters. The van der Waals surface area contributed by atoms with Gasteiger partial charge >= 0.3 is 6.01 Å². The van der Waals surface area contributed by atoms with E-state index in [1.165, 1.54) is 0 Å². The molecule has 4 rings (SSSR count). The fourth-order valence-corrected chi connectivity index (χ4v) is 3.22. The molecule has 8 heteroatoms. The Bertz CT molecular complexity index is 1180. The van der Waals surface area contributed by atoms with Crippen LogP contribution >= 0.6 is 0 Å². The second-order valence-electron chi connectivity index (χ2n) is 6.91. The number of nitrogens with zero attached hydrogens (tertiary/aromatic N) is 6. The highest BCUT2D eigenvalue weighted by Crippen LogP contribution is 2.30. The first kappa shape index (κ1) is 20.3. The zero-order valence-electron chi connectivity index (χ0n) is 17.5. The molecule has 1 N–H and O–H groups in total. The number of benzene rings is 2. The van der Waals surface area contributed by atoms with Crippen molar-refractivity contribution in [3.63, 3.8) is 0 Å². The van der Waals surface area contributed by atoms with Gasteiger partial charge < -0.3 is 4.74 Å². The summed E-state index contributed by atoms with van der Waals surface area (Å²) in [5.41, 5.74) is 4.23. The number of rotatable bonds is 8. The van der Waals surface area contributed by atoms with Gasteiger partial charge in [-0.3, -0.25) is 0 Å². The van der Waals surface area contributed by atoms with Crippen molar-refractivity contribution < 1.29 is 4.74 Å². The van der Waals surface area contributed by atoms with Gasteiger partial charge in [-0.1, -0.05) is 61.4 Å². The van der Waals surface area contributed by atoms with E-state index in [1.807, 2.05) is 29.8 Å². The van der Waals surface area contributed by atoms with Crippen molar-refractivity contribution in [2.45, 2.75) is 33.2 Å². The van der Waals surface area contributed by atoms with Crippen LogP contribution in [0.4, 0.5) is 0 Å². The molecule has 0 amide bonds. The number of nitrogens with one attached hydrogen (secondary N) is 1. The number of hydrogen-bond acceptors (Lipinski definition) is 6. The molecule has 0 unspecified atom stereocenters. The highest BCUT2D eigenvalue weighted by Gasteiger charge is 2.13. The Morgan fingerprint density at radius 1 is 1.06 bits per heavy atom. The average Bonchev–Trinajstić information content (AvgIpc) is 3.47. The van der Waals surface area contributed by atoms with Gasteiger partial charge in [-0.15, -0.1) is 16.1 Å². The lowest BCUT2D eigenvalue weighted by Gasteiger charge is -2.08. The Morgan fingerprint density at radius 2 is 1.87 bits per heavy atom. The van der Waals surface area contributed by atoms with Crippen LogP contribution in [-0.4, -0.2) is 42.0 Å². The number of ether oxygens (including phenoxy) is 1. The Morgan fingerprint density at radius 3 is 2.58 bits per heavy atom. The van der Waals surface area contributed by atoms with Crippen molar-refractivity contribution >= 4 is 0 Å². The minimum atomic E-state index is 0.404. The highest BCUT2D eigenvalue weighted by atomic mass is 16.5. The van der Waals surface area contributed by atoms with Crippen molar-refractivity contribution in [2.24, 2.45) is 0 Å². The van der Waals surface area contributed by atoms with E-state index in [4.69, 9.17) is 4.74 Å². The molecular formula is C23H23N7O. The van der Waals surface area contributed by atoms with Gasteiger partial charge in [0.2, 0.25) is 0 Å². The standard InChI is InChI=1S/C23H23N7O/c1-3-5-14-30-21(24-23(27-30)31-15-4-2)16-17-10-12-18(13-11-17)19-8-6-7-9-20(19)22-25-28-29-26-22/h6-13H,4,14-16H2,1-2H3,(H,25,26,28,29). The Labute approximate surface area is 180 Å². The van der Waals surface area contributed by atoms with Crippen LogP contribution in [0.2, 0.25) is 0 Å². The van der Waals surface area contributed by atoms with E-state index in [1.54, 1.807) is 0 Å². The van der Waals surface area contributed by atoms with E-state index in [2.05, 4.69) is 79.8 Å². The van der Waals surface area contributed by atoms with Gasteiger partial charge in [0.25, 0.3) is 0 Å². The van der Waals surface area contributed by atoms with Crippen molar-refractivity contribution in [3.8, 4) is 40.4 Å². The van der Waals surface area contributed by atoms with Crippen molar-refractivity contribution in [2.75, 3.05) is 6.61 Å². The molecule has 0 radical (unpaired) electrons. The highest BCUT2D eigenvalue weighted by molar-refractivity contribution is 5.80. The maximum atomic E-state index is 5.61. The zero-order valence-corrected chi connectivity index (χ0v) is 17.5. The summed E-state index contributed by atoms with van der Waals surface area (Å²) in [6.07, 6.45) is 1.55. The van der Waals surface area contributed by atoms with E-state index in [-0.39, 0.29) is 0 Å². The van der Waals surface area contributed by atoms with E-state index < -0.39 is 0 Å². The van der Waals surface area contributed by atoms with Crippen LogP contribution in [0, 0.1) is 11.8 Å². The van der Waals surface area contributed by atoms with Crippen LogP contribution in [0.5, 0.6) is 6.01 Å². The molecule has 0 spiro atoms. The molecule has 156 valence electrons.